The fraction of sp³-hybridized carbons (Fsp3) is 0. The molecule has 1 heterocycles. The van der Waals surface area contributed by atoms with E-state index < -0.39 is 11.9 Å². The molecule has 0 saturated carbocycles. The van der Waals surface area contributed by atoms with Gasteiger partial charge in [-0.15, -0.1) is 5.10 Å². The number of imide groups is 1. The van der Waals surface area contributed by atoms with Crippen molar-refractivity contribution >= 4 is 29.3 Å². The lowest BCUT2D eigenvalue weighted by Gasteiger charge is -2.03. The SMILES string of the molecule is O=C(NC(=O)c1ccccc1)Nc1csnn1. The summed E-state index contributed by atoms with van der Waals surface area (Å²) in [5.41, 5.74) is 0.416. The van der Waals surface area contributed by atoms with Crippen LogP contribution in [0.15, 0.2) is 35.7 Å². The number of hydrogen-bond donors (Lipinski definition) is 2. The van der Waals surface area contributed by atoms with E-state index >= 15 is 0 Å². The van der Waals surface area contributed by atoms with Gasteiger partial charge >= 0.3 is 6.03 Å². The molecule has 0 aliphatic carbocycles. The fourth-order valence-electron chi connectivity index (χ4n) is 1.13. The molecule has 0 saturated heterocycles. The predicted molar refractivity (Wildman–Crippen MR) is 62.8 cm³/mol. The number of urea groups is 1. The number of carbonyl (C=O) groups excluding carboxylic acids is 2. The highest BCUT2D eigenvalue weighted by Gasteiger charge is 2.10. The van der Waals surface area contributed by atoms with E-state index in [4.69, 9.17) is 0 Å². The van der Waals surface area contributed by atoms with Gasteiger partial charge in [-0.25, -0.2) is 4.79 Å². The summed E-state index contributed by atoms with van der Waals surface area (Å²) in [4.78, 5) is 23.0. The molecule has 0 atom stereocenters. The van der Waals surface area contributed by atoms with Crippen LogP contribution in [-0.4, -0.2) is 21.5 Å². The Morgan fingerprint density at radius 1 is 1.18 bits per heavy atom. The largest absolute Gasteiger partial charge is 0.327 e. The molecule has 0 unspecified atom stereocenters. The zero-order chi connectivity index (χ0) is 12.1. The number of nitrogens with zero attached hydrogens (tertiary/aromatic N) is 2. The highest BCUT2D eigenvalue weighted by Crippen LogP contribution is 2.03. The van der Waals surface area contributed by atoms with E-state index in [1.165, 1.54) is 0 Å². The van der Waals surface area contributed by atoms with Crippen molar-refractivity contribution in [1.82, 2.24) is 14.9 Å². The molecule has 0 aliphatic heterocycles. The molecule has 6 nitrogen and oxygen atoms in total. The van der Waals surface area contributed by atoms with Gasteiger partial charge in [0.25, 0.3) is 5.91 Å². The van der Waals surface area contributed by atoms with Crippen molar-refractivity contribution < 1.29 is 9.59 Å². The molecule has 3 amide bonds. The first kappa shape index (κ1) is 11.2. The van der Waals surface area contributed by atoms with Crippen molar-refractivity contribution in [2.24, 2.45) is 0 Å². The summed E-state index contributed by atoms with van der Waals surface area (Å²) in [6.45, 7) is 0. The van der Waals surface area contributed by atoms with Crippen molar-refractivity contribution in [1.29, 1.82) is 0 Å². The van der Waals surface area contributed by atoms with Crippen LogP contribution in [0.3, 0.4) is 0 Å². The van der Waals surface area contributed by atoms with Gasteiger partial charge in [0.15, 0.2) is 5.82 Å². The van der Waals surface area contributed by atoms with Crippen molar-refractivity contribution in [3.05, 3.63) is 41.3 Å². The number of aromatic nitrogens is 2. The number of rotatable bonds is 2. The molecule has 0 aliphatic rings. The standard InChI is InChI=1S/C10H8N4O2S/c15-9(7-4-2-1-3-5-7)12-10(16)11-8-6-17-14-13-8/h1-6H,(H2,11,12,15,16). The Balaban J connectivity index is 1.93. The van der Waals surface area contributed by atoms with Crippen LogP contribution in [0, 0.1) is 0 Å². The highest BCUT2D eigenvalue weighted by atomic mass is 32.1. The first-order valence-electron chi connectivity index (χ1n) is 4.70. The molecule has 1 aromatic carbocycles. The lowest BCUT2D eigenvalue weighted by atomic mass is 10.2. The van der Waals surface area contributed by atoms with Gasteiger partial charge in [0.2, 0.25) is 0 Å². The van der Waals surface area contributed by atoms with Crippen molar-refractivity contribution in [2.75, 3.05) is 5.32 Å². The summed E-state index contributed by atoms with van der Waals surface area (Å²) in [6.07, 6.45) is 0. The van der Waals surface area contributed by atoms with Crippen LogP contribution in [-0.2, 0) is 0 Å². The van der Waals surface area contributed by atoms with Gasteiger partial charge in [-0.3, -0.25) is 15.4 Å². The first-order valence-corrected chi connectivity index (χ1v) is 5.54. The maximum Gasteiger partial charge on any atom is 0.327 e. The summed E-state index contributed by atoms with van der Waals surface area (Å²) in [5.74, 6) is -0.153. The van der Waals surface area contributed by atoms with Crippen LogP contribution in [0.2, 0.25) is 0 Å². The van der Waals surface area contributed by atoms with E-state index in [9.17, 15) is 9.59 Å². The fourth-order valence-corrected chi connectivity index (χ4v) is 1.52. The van der Waals surface area contributed by atoms with Crippen molar-refractivity contribution in [2.45, 2.75) is 0 Å². The average Bonchev–Trinajstić information content (AvgIpc) is 2.82. The Bertz CT molecular complexity index is 512. The summed E-state index contributed by atoms with van der Waals surface area (Å²) in [7, 11) is 0. The van der Waals surface area contributed by atoms with Crippen molar-refractivity contribution in [3.8, 4) is 0 Å². The first-order chi connectivity index (χ1) is 8.25. The number of anilines is 1. The second-order valence-corrected chi connectivity index (χ2v) is 3.67. The zero-order valence-corrected chi connectivity index (χ0v) is 9.40. The molecule has 1 aromatic heterocycles. The van der Waals surface area contributed by atoms with Gasteiger partial charge in [0.1, 0.15) is 0 Å². The predicted octanol–water partition coefficient (Wildman–Crippen LogP) is 1.50. The van der Waals surface area contributed by atoms with Crippen LogP contribution in [0.25, 0.3) is 0 Å². The van der Waals surface area contributed by atoms with Crippen LogP contribution >= 0.6 is 11.5 Å². The van der Waals surface area contributed by atoms with Gasteiger partial charge in [-0.1, -0.05) is 22.7 Å². The molecule has 2 aromatic rings. The molecule has 17 heavy (non-hydrogen) atoms. The molecule has 2 rings (SSSR count). The second kappa shape index (κ2) is 5.17. The normalized spacial score (nSPS) is 9.65. The van der Waals surface area contributed by atoms with E-state index in [1.807, 2.05) is 0 Å². The lowest BCUT2D eigenvalue weighted by molar-refractivity contribution is 0.0967. The molecule has 2 N–H and O–H groups in total. The Morgan fingerprint density at radius 3 is 2.59 bits per heavy atom. The molecular formula is C10H8N4O2S. The minimum atomic E-state index is -0.633. The highest BCUT2D eigenvalue weighted by molar-refractivity contribution is 7.03. The molecule has 0 bridgehead atoms. The number of amides is 3. The number of carbonyl (C=O) groups is 2. The minimum Gasteiger partial charge on any atom is -0.290 e. The van der Waals surface area contributed by atoms with Gasteiger partial charge in [0.05, 0.1) is 5.38 Å². The Labute approximate surface area is 101 Å². The van der Waals surface area contributed by atoms with Gasteiger partial charge in [-0.05, 0) is 23.7 Å². The molecule has 7 heteroatoms. The smallest absolute Gasteiger partial charge is 0.290 e. The third-order valence-electron chi connectivity index (χ3n) is 1.86. The van der Waals surface area contributed by atoms with E-state index in [1.54, 1.807) is 35.7 Å². The van der Waals surface area contributed by atoms with Crippen LogP contribution < -0.4 is 10.6 Å². The average molecular weight is 248 g/mol. The Kier molecular flexibility index (Phi) is 3.41. The Morgan fingerprint density at radius 2 is 1.94 bits per heavy atom. The van der Waals surface area contributed by atoms with Gasteiger partial charge in [-0.2, -0.15) is 0 Å². The minimum absolute atomic E-state index is 0.313. The number of benzene rings is 1. The number of hydrogen-bond acceptors (Lipinski definition) is 5. The van der Waals surface area contributed by atoms with Gasteiger partial charge < -0.3 is 0 Å². The third-order valence-corrected chi connectivity index (χ3v) is 2.37. The molecule has 86 valence electrons. The topological polar surface area (TPSA) is 84.0 Å². The maximum absolute atomic E-state index is 11.6. The van der Waals surface area contributed by atoms with Crippen molar-refractivity contribution in [3.63, 3.8) is 0 Å². The summed E-state index contributed by atoms with van der Waals surface area (Å²) < 4.78 is 3.58. The van der Waals surface area contributed by atoms with E-state index in [0.29, 0.717) is 11.4 Å². The summed E-state index contributed by atoms with van der Waals surface area (Å²) in [5, 5.41) is 9.75. The lowest BCUT2D eigenvalue weighted by Crippen LogP contribution is -2.34. The van der Waals surface area contributed by atoms with E-state index in [-0.39, 0.29) is 0 Å². The number of nitrogens with one attached hydrogen (secondary N) is 2. The second-order valence-electron chi connectivity index (χ2n) is 3.06. The maximum atomic E-state index is 11.6. The van der Waals surface area contributed by atoms with Crippen LogP contribution in [0.4, 0.5) is 10.6 Å². The van der Waals surface area contributed by atoms with E-state index in [2.05, 4.69) is 20.2 Å². The molecule has 0 fully saturated rings. The molecule has 0 spiro atoms. The van der Waals surface area contributed by atoms with Crippen LogP contribution in [0.5, 0.6) is 0 Å². The summed E-state index contributed by atoms with van der Waals surface area (Å²) in [6, 6.07) is 7.83. The third kappa shape index (κ3) is 3.08. The van der Waals surface area contributed by atoms with Gasteiger partial charge in [0, 0.05) is 5.56 Å². The Hall–Kier alpha value is -2.28. The van der Waals surface area contributed by atoms with Crippen LogP contribution in [0.1, 0.15) is 10.4 Å². The summed E-state index contributed by atoms with van der Waals surface area (Å²) >= 11 is 1.11. The molecule has 0 radical (unpaired) electrons. The molecular weight excluding hydrogens is 240 g/mol. The monoisotopic (exact) mass is 248 g/mol. The zero-order valence-electron chi connectivity index (χ0n) is 8.58. The van der Waals surface area contributed by atoms with E-state index in [0.717, 1.165) is 11.5 Å². The quantitative estimate of drug-likeness (QED) is 0.843.